The molecule has 0 aliphatic rings. The van der Waals surface area contributed by atoms with Gasteiger partial charge in [0.2, 0.25) is 0 Å². The van der Waals surface area contributed by atoms with Crippen molar-refractivity contribution in [2.45, 2.75) is 0 Å². The Morgan fingerprint density at radius 3 is 0.868 bits per heavy atom. The minimum Gasteiger partial charge on any atom is -0.507 e. The van der Waals surface area contributed by atoms with Gasteiger partial charge in [0.1, 0.15) is 84.6 Å². The lowest BCUT2D eigenvalue weighted by atomic mass is 10.0. The number of furan rings is 5. The summed E-state index contributed by atoms with van der Waals surface area (Å²) in [6.45, 7) is 0. The molecule has 26 aromatic rings. The summed E-state index contributed by atoms with van der Waals surface area (Å²) in [7, 11) is 7.50. The summed E-state index contributed by atoms with van der Waals surface area (Å²) < 4.78 is 56.4. The molecule has 0 saturated carbocycles. The largest absolute Gasteiger partial charge is 0.507 e. The first-order valence-corrected chi connectivity index (χ1v) is 45.1. The van der Waals surface area contributed by atoms with Crippen molar-refractivity contribution in [3.63, 3.8) is 0 Å². The van der Waals surface area contributed by atoms with Gasteiger partial charge in [0.05, 0.1) is 68.9 Å². The van der Waals surface area contributed by atoms with Crippen molar-refractivity contribution in [1.29, 1.82) is 0 Å². The molecule has 0 atom stereocenters. The number of fused-ring (bicyclic) bond motifs is 16. The fourth-order valence-electron chi connectivity index (χ4n) is 17.0. The Morgan fingerprint density at radius 2 is 0.431 bits per heavy atom. The summed E-state index contributed by atoms with van der Waals surface area (Å²) in [5.74, 6) is 4.35. The highest BCUT2D eigenvalue weighted by molar-refractivity contribution is 6.14. The zero-order valence-corrected chi connectivity index (χ0v) is 76.9. The lowest BCUT2D eigenvalue weighted by Crippen LogP contribution is -2.01. The van der Waals surface area contributed by atoms with E-state index in [1.54, 1.807) is 91.0 Å². The summed E-state index contributed by atoms with van der Waals surface area (Å²) in [6.07, 6.45) is 0. The zero-order valence-electron chi connectivity index (χ0n) is 76.9. The molecule has 0 aliphatic heterocycles. The Morgan fingerprint density at radius 1 is 0.174 bits per heavy atom. The van der Waals surface area contributed by atoms with Crippen molar-refractivity contribution >= 4 is 120 Å². The number of benzene rings is 16. The number of phenolic OH excluding ortho intramolecular Hbond substituents is 5. The van der Waals surface area contributed by atoms with E-state index in [0.29, 0.717) is 91.6 Å². The Balaban J connectivity index is 0.000000103. The standard InChI is InChI=1S/C26H17N3O3.4C22H15N3O3/c1-31-26-28-24(27-25(29-26)18-8-4-5-9-21(18)30)17-10-11-22-19(13-17)20-12-15-6-2-3-7-16(15)14-23(20)32-22;1-27-22-24-20(15-8-2-4-11-17(15)26)23-21(25-22)16-10-6-9-14-13-7-3-5-12-18(13)28-19(14)16;1-27-22-24-20(13-7-2-4-10-16(13)26)23-21(25-22)15-9-6-12-18-19(15)14-8-3-5-11-17(14)28-18;1-27-22-24-20(23-21(25-22)16-7-2-4-8-17(16)26)13-10-11-15-14-6-3-5-9-18(14)28-19(15)12-13;1-27-22-24-20(23-21(25-22)15-7-2-4-8-17(15)26)13-10-11-19-16(12-13)14-6-3-5-9-18(14)28-19/h2-14,30H,1H3;4*2-12,26H,1H3. The van der Waals surface area contributed by atoms with Crippen LogP contribution in [0.1, 0.15) is 0 Å². The van der Waals surface area contributed by atoms with Crippen LogP contribution < -0.4 is 23.7 Å². The molecule has 10 heterocycles. The minimum absolute atomic E-state index is 0.0867. The first-order valence-electron chi connectivity index (χ1n) is 45.1. The van der Waals surface area contributed by atoms with E-state index in [-0.39, 0.29) is 58.8 Å². The van der Waals surface area contributed by atoms with Crippen LogP contribution in [0.2, 0.25) is 0 Å². The van der Waals surface area contributed by atoms with Crippen molar-refractivity contribution in [3.05, 3.63) is 346 Å². The second-order valence-electron chi connectivity index (χ2n) is 32.6. The normalized spacial score (nSPS) is 11.2. The highest BCUT2D eigenvalue weighted by Crippen LogP contribution is 2.44. The summed E-state index contributed by atoms with van der Waals surface area (Å²) in [5, 5.41) is 63.3. The van der Waals surface area contributed by atoms with Gasteiger partial charge in [0.15, 0.2) is 58.2 Å². The van der Waals surface area contributed by atoms with Gasteiger partial charge >= 0.3 is 30.1 Å². The van der Waals surface area contributed by atoms with Gasteiger partial charge in [-0.1, -0.05) is 188 Å². The van der Waals surface area contributed by atoms with E-state index >= 15 is 0 Å². The maximum atomic E-state index is 10.3. The quantitative estimate of drug-likeness (QED) is 0.0636. The van der Waals surface area contributed by atoms with Crippen LogP contribution in [0.3, 0.4) is 0 Å². The van der Waals surface area contributed by atoms with E-state index < -0.39 is 0 Å². The van der Waals surface area contributed by atoms with Gasteiger partial charge in [0.25, 0.3) is 0 Å². The van der Waals surface area contributed by atoms with Crippen LogP contribution in [0.5, 0.6) is 58.8 Å². The Bertz CT molecular complexity index is 9410. The number of hydrogen-bond acceptors (Lipinski definition) is 30. The summed E-state index contributed by atoms with van der Waals surface area (Å²) >= 11 is 0. The Kier molecular flexibility index (Phi) is 23.8. The highest BCUT2D eigenvalue weighted by atomic mass is 16.5. The number of aromatic hydroxyl groups is 5. The predicted molar refractivity (Wildman–Crippen MR) is 548 cm³/mol. The van der Waals surface area contributed by atoms with E-state index in [4.69, 9.17) is 45.8 Å². The van der Waals surface area contributed by atoms with Crippen LogP contribution >= 0.6 is 0 Å². The van der Waals surface area contributed by atoms with Crippen molar-refractivity contribution in [2.75, 3.05) is 35.5 Å². The molecule has 698 valence electrons. The van der Waals surface area contributed by atoms with Crippen LogP contribution in [0, 0.1) is 0 Å². The number of para-hydroxylation sites is 10. The first-order chi connectivity index (χ1) is 70.6. The third-order valence-corrected chi connectivity index (χ3v) is 23.9. The average molecular weight is 1900 g/mol. The van der Waals surface area contributed by atoms with E-state index in [2.05, 4.69) is 99.0 Å². The van der Waals surface area contributed by atoms with Gasteiger partial charge in [0, 0.05) is 76.1 Å². The Hall–Kier alpha value is -20.2. The molecule has 0 radical (unpaired) electrons. The average Bonchev–Trinajstić information content (AvgIpc) is 1.59. The highest BCUT2D eigenvalue weighted by Gasteiger charge is 2.25. The number of ether oxygens (including phenoxy) is 5. The SMILES string of the molecule is COc1nc(-c2ccc3c(c2)oc2ccccc23)nc(-c2ccccc2O)n1.COc1nc(-c2ccc3oc4cc5ccccc5cc4c3c2)nc(-c2ccccc2O)n1.COc1nc(-c2ccc3oc4ccccc4c3c2)nc(-c2ccccc2O)n1.COc1nc(-c2ccccc2O)nc(-c2cccc3c2oc2ccccc23)n1.COc1nc(-c2ccccc2O)nc(-c2cccc3oc4ccccc4c23)n1. The van der Waals surface area contributed by atoms with Crippen molar-refractivity contribution in [1.82, 2.24) is 74.8 Å². The third kappa shape index (κ3) is 17.5. The van der Waals surface area contributed by atoms with Gasteiger partial charge in [-0.2, -0.15) is 49.8 Å². The molecule has 26 rings (SSSR count). The summed E-state index contributed by atoms with van der Waals surface area (Å²) in [5.41, 5.74) is 14.3. The molecule has 30 heteroatoms. The number of nitrogens with zero attached hydrogens (tertiary/aromatic N) is 15. The Labute approximate surface area is 815 Å². The number of aromatic nitrogens is 15. The van der Waals surface area contributed by atoms with Gasteiger partial charge in [-0.05, 0) is 168 Å². The number of phenols is 5. The second kappa shape index (κ2) is 38.4. The van der Waals surface area contributed by atoms with Gasteiger partial charge < -0.3 is 71.3 Å². The molecule has 10 aromatic heterocycles. The summed E-state index contributed by atoms with van der Waals surface area (Å²) in [4.78, 5) is 66.5. The first kappa shape index (κ1) is 89.1. The molecular weight excluding hydrogens is 1820 g/mol. The molecule has 0 amide bonds. The molecule has 0 unspecified atom stereocenters. The van der Waals surface area contributed by atoms with Crippen LogP contribution in [0.4, 0.5) is 0 Å². The molecule has 0 fully saturated rings. The lowest BCUT2D eigenvalue weighted by Gasteiger charge is -2.08. The summed E-state index contributed by atoms with van der Waals surface area (Å²) in [6, 6.07) is 108. The van der Waals surface area contributed by atoms with E-state index in [1.165, 1.54) is 35.5 Å². The molecule has 30 nitrogen and oxygen atoms in total. The topological polar surface area (TPSA) is 406 Å². The molecule has 0 aliphatic carbocycles. The molecule has 0 spiro atoms. The predicted octanol–water partition coefficient (Wildman–Crippen LogP) is 25.2. The zero-order chi connectivity index (χ0) is 98.0. The fourth-order valence-corrected chi connectivity index (χ4v) is 17.0. The minimum atomic E-state index is 0.0867. The smallest absolute Gasteiger partial charge is 0.320 e. The van der Waals surface area contributed by atoms with Crippen molar-refractivity contribution < 1.29 is 71.3 Å². The lowest BCUT2D eigenvalue weighted by molar-refractivity contribution is 0.379. The van der Waals surface area contributed by atoms with Crippen molar-refractivity contribution in [2.24, 2.45) is 0 Å². The second-order valence-corrected chi connectivity index (χ2v) is 32.6. The maximum absolute atomic E-state index is 10.3. The fraction of sp³-hybridized carbons (Fsp3) is 0.0439. The number of hydrogen-bond donors (Lipinski definition) is 5. The van der Waals surface area contributed by atoms with Crippen LogP contribution in [-0.2, 0) is 0 Å². The van der Waals surface area contributed by atoms with Crippen LogP contribution in [-0.4, -0.2) is 136 Å². The maximum Gasteiger partial charge on any atom is 0.320 e. The molecule has 5 N–H and O–H groups in total. The van der Waals surface area contributed by atoms with E-state index in [9.17, 15) is 25.5 Å². The molecular formula is C114H77N15O15. The van der Waals surface area contributed by atoms with Gasteiger partial charge in [-0.15, -0.1) is 0 Å². The molecule has 16 aromatic carbocycles. The molecule has 0 saturated heterocycles. The van der Waals surface area contributed by atoms with Crippen molar-refractivity contribution in [3.8, 4) is 173 Å². The monoisotopic (exact) mass is 1900 g/mol. The van der Waals surface area contributed by atoms with Gasteiger partial charge in [-0.25, -0.2) is 24.9 Å². The van der Waals surface area contributed by atoms with Crippen LogP contribution in [0.25, 0.3) is 234 Å². The van der Waals surface area contributed by atoms with Crippen LogP contribution in [0.15, 0.2) is 368 Å². The van der Waals surface area contributed by atoms with Gasteiger partial charge in [-0.3, -0.25) is 0 Å². The van der Waals surface area contributed by atoms with E-state index in [0.717, 1.165) is 143 Å². The van der Waals surface area contributed by atoms with E-state index in [1.807, 2.05) is 231 Å². The molecule has 144 heavy (non-hydrogen) atoms. The third-order valence-electron chi connectivity index (χ3n) is 23.9. The number of methoxy groups -OCH3 is 5. The molecule has 0 bridgehead atoms. The number of rotatable bonds is 15.